The van der Waals surface area contributed by atoms with Crippen LogP contribution in [0.25, 0.3) is 11.4 Å². The molecule has 10 heteroatoms. The number of aromatic nitrogens is 4. The second-order valence-electron chi connectivity index (χ2n) is 8.46. The number of carbonyl (C=O) groups is 1. The standard InChI is InChI=1S/C22H25FN6O2S/c23-17-10-4-8-15(12-17)18-24-19(31-28-18)16-9-5-11-29(13-16)22(30)25-21-27-26-20(32-21)14-6-2-1-3-7-14/h4,8,10,12,14,16H,1-3,5-7,9,11,13H2,(H,25,27,30). The molecule has 1 aliphatic heterocycles. The molecule has 0 radical (unpaired) electrons. The van der Waals surface area contributed by atoms with Crippen LogP contribution in [0, 0.1) is 5.82 Å². The lowest BCUT2D eigenvalue weighted by molar-refractivity contribution is 0.184. The topological polar surface area (TPSA) is 97.0 Å². The lowest BCUT2D eigenvalue weighted by Crippen LogP contribution is -2.41. The minimum absolute atomic E-state index is 0.0588. The van der Waals surface area contributed by atoms with Crippen LogP contribution >= 0.6 is 11.3 Å². The average molecular weight is 457 g/mol. The number of carbonyl (C=O) groups excluding carboxylic acids is 1. The van der Waals surface area contributed by atoms with E-state index in [1.54, 1.807) is 17.0 Å². The predicted octanol–water partition coefficient (Wildman–Crippen LogP) is 5.19. The number of hydrogen-bond donors (Lipinski definition) is 1. The van der Waals surface area contributed by atoms with E-state index in [2.05, 4.69) is 25.7 Å². The van der Waals surface area contributed by atoms with E-state index in [9.17, 15) is 9.18 Å². The van der Waals surface area contributed by atoms with Crippen molar-refractivity contribution in [3.8, 4) is 11.4 Å². The molecule has 32 heavy (non-hydrogen) atoms. The minimum Gasteiger partial charge on any atom is -0.339 e. The highest BCUT2D eigenvalue weighted by Crippen LogP contribution is 2.35. The second kappa shape index (κ2) is 9.32. The van der Waals surface area contributed by atoms with Gasteiger partial charge in [-0.25, -0.2) is 9.18 Å². The van der Waals surface area contributed by atoms with Crippen LogP contribution < -0.4 is 5.32 Å². The number of hydrogen-bond acceptors (Lipinski definition) is 7. The van der Waals surface area contributed by atoms with Crippen molar-refractivity contribution in [2.45, 2.75) is 56.8 Å². The Hall–Kier alpha value is -2.88. The summed E-state index contributed by atoms with van der Waals surface area (Å²) in [7, 11) is 0. The Morgan fingerprint density at radius 1 is 1.12 bits per heavy atom. The molecule has 0 bridgehead atoms. The summed E-state index contributed by atoms with van der Waals surface area (Å²) in [5.41, 5.74) is 0.565. The summed E-state index contributed by atoms with van der Waals surface area (Å²) in [5, 5.41) is 17.0. The van der Waals surface area contributed by atoms with Gasteiger partial charge < -0.3 is 9.42 Å². The molecule has 1 unspecified atom stereocenters. The fourth-order valence-corrected chi connectivity index (χ4v) is 5.38. The van der Waals surface area contributed by atoms with Crippen molar-refractivity contribution in [1.82, 2.24) is 25.2 Å². The summed E-state index contributed by atoms with van der Waals surface area (Å²) in [6.07, 6.45) is 7.74. The molecule has 3 aromatic rings. The Morgan fingerprint density at radius 3 is 2.81 bits per heavy atom. The predicted molar refractivity (Wildman–Crippen MR) is 118 cm³/mol. The van der Waals surface area contributed by atoms with Crippen molar-refractivity contribution in [1.29, 1.82) is 0 Å². The van der Waals surface area contributed by atoms with Crippen molar-refractivity contribution in [3.05, 3.63) is 41.0 Å². The Balaban J connectivity index is 1.21. The van der Waals surface area contributed by atoms with E-state index in [1.165, 1.54) is 42.7 Å². The van der Waals surface area contributed by atoms with Gasteiger partial charge >= 0.3 is 6.03 Å². The fourth-order valence-electron chi connectivity index (χ4n) is 4.48. The molecule has 0 spiro atoms. The maximum Gasteiger partial charge on any atom is 0.323 e. The number of urea groups is 1. The molecule has 8 nitrogen and oxygen atoms in total. The summed E-state index contributed by atoms with van der Waals surface area (Å²) in [6, 6.07) is 5.91. The lowest BCUT2D eigenvalue weighted by atomic mass is 9.90. The van der Waals surface area contributed by atoms with Crippen LogP contribution in [0.3, 0.4) is 0 Å². The summed E-state index contributed by atoms with van der Waals surface area (Å²) < 4.78 is 18.9. The number of nitrogens with one attached hydrogen (secondary N) is 1. The van der Waals surface area contributed by atoms with Gasteiger partial charge in [-0.1, -0.05) is 47.9 Å². The summed E-state index contributed by atoms with van der Waals surface area (Å²) in [5.74, 6) is 0.882. The average Bonchev–Trinajstić information content (AvgIpc) is 3.50. The van der Waals surface area contributed by atoms with Crippen LogP contribution in [-0.2, 0) is 0 Å². The van der Waals surface area contributed by atoms with Crippen LogP contribution in [0.15, 0.2) is 28.8 Å². The third-order valence-electron chi connectivity index (χ3n) is 6.19. The van der Waals surface area contributed by atoms with Gasteiger partial charge in [0.1, 0.15) is 10.8 Å². The van der Waals surface area contributed by atoms with Crippen molar-refractivity contribution in [3.63, 3.8) is 0 Å². The Morgan fingerprint density at radius 2 is 1.97 bits per heavy atom. The summed E-state index contributed by atoms with van der Waals surface area (Å²) in [4.78, 5) is 19.0. The van der Waals surface area contributed by atoms with Gasteiger partial charge in [0.25, 0.3) is 0 Å². The zero-order chi connectivity index (χ0) is 21.9. The maximum atomic E-state index is 13.5. The SMILES string of the molecule is O=C(Nc1nnc(C2CCCCC2)s1)N1CCCC(c2nc(-c3cccc(F)c3)no2)C1. The van der Waals surface area contributed by atoms with Gasteiger partial charge in [0.05, 0.1) is 5.92 Å². The molecule has 2 amide bonds. The molecule has 168 valence electrons. The lowest BCUT2D eigenvalue weighted by Gasteiger charge is -2.30. The van der Waals surface area contributed by atoms with Gasteiger partial charge in [-0.15, -0.1) is 10.2 Å². The fraction of sp³-hybridized carbons (Fsp3) is 0.500. The van der Waals surface area contributed by atoms with Gasteiger partial charge in [-0.3, -0.25) is 5.32 Å². The van der Waals surface area contributed by atoms with Gasteiger partial charge in [0.2, 0.25) is 16.8 Å². The van der Waals surface area contributed by atoms with E-state index >= 15 is 0 Å². The first-order chi connectivity index (χ1) is 15.7. The van der Waals surface area contributed by atoms with Crippen molar-refractivity contribution in [2.24, 2.45) is 0 Å². The maximum absolute atomic E-state index is 13.5. The quantitative estimate of drug-likeness (QED) is 0.581. The molecule has 1 aliphatic carbocycles. The van der Waals surface area contributed by atoms with E-state index in [4.69, 9.17) is 4.52 Å². The van der Waals surface area contributed by atoms with Crippen LogP contribution in [-0.4, -0.2) is 44.4 Å². The first-order valence-electron chi connectivity index (χ1n) is 11.1. The molecule has 1 N–H and O–H groups in total. The first-order valence-corrected chi connectivity index (χ1v) is 12.0. The highest BCUT2D eigenvalue weighted by molar-refractivity contribution is 7.15. The zero-order valence-electron chi connectivity index (χ0n) is 17.7. The number of piperidine rings is 1. The number of amides is 2. The highest BCUT2D eigenvalue weighted by Gasteiger charge is 2.29. The number of nitrogens with zero attached hydrogens (tertiary/aromatic N) is 5. The van der Waals surface area contributed by atoms with Crippen molar-refractivity contribution < 1.29 is 13.7 Å². The van der Waals surface area contributed by atoms with Crippen LogP contribution in [0.2, 0.25) is 0 Å². The minimum atomic E-state index is -0.349. The van der Waals surface area contributed by atoms with E-state index in [0.717, 1.165) is 30.7 Å². The van der Waals surface area contributed by atoms with Gasteiger partial charge in [-0.2, -0.15) is 4.98 Å². The number of halogens is 1. The highest BCUT2D eigenvalue weighted by atomic mass is 32.1. The molecule has 2 aromatic heterocycles. The number of likely N-dealkylation sites (tertiary alicyclic amines) is 1. The van der Waals surface area contributed by atoms with Crippen molar-refractivity contribution >= 4 is 22.5 Å². The molecule has 2 fully saturated rings. The molecule has 1 aromatic carbocycles. The normalized spacial score (nSPS) is 19.8. The second-order valence-corrected chi connectivity index (χ2v) is 9.47. The first kappa shape index (κ1) is 21.0. The molecule has 1 saturated heterocycles. The summed E-state index contributed by atoms with van der Waals surface area (Å²) >= 11 is 1.48. The summed E-state index contributed by atoms with van der Waals surface area (Å²) in [6.45, 7) is 1.13. The molecule has 5 rings (SSSR count). The van der Waals surface area contributed by atoms with E-state index < -0.39 is 0 Å². The Kier molecular flexibility index (Phi) is 6.11. The van der Waals surface area contributed by atoms with Crippen LogP contribution in [0.1, 0.15) is 67.7 Å². The van der Waals surface area contributed by atoms with E-state index in [-0.39, 0.29) is 17.8 Å². The van der Waals surface area contributed by atoms with Gasteiger partial charge in [0, 0.05) is 24.6 Å². The van der Waals surface area contributed by atoms with Crippen LogP contribution in [0.4, 0.5) is 14.3 Å². The molecule has 3 heterocycles. The van der Waals surface area contributed by atoms with Crippen LogP contribution in [0.5, 0.6) is 0 Å². The molecule has 1 saturated carbocycles. The number of rotatable bonds is 4. The zero-order valence-corrected chi connectivity index (χ0v) is 18.5. The van der Waals surface area contributed by atoms with Crippen molar-refractivity contribution in [2.75, 3.05) is 18.4 Å². The largest absolute Gasteiger partial charge is 0.339 e. The third kappa shape index (κ3) is 4.64. The van der Waals surface area contributed by atoms with E-state index in [0.29, 0.717) is 41.4 Å². The van der Waals surface area contributed by atoms with Gasteiger partial charge in [0.15, 0.2) is 0 Å². The molecule has 2 aliphatic rings. The Bertz CT molecular complexity index is 1080. The number of benzene rings is 1. The van der Waals surface area contributed by atoms with E-state index in [1.807, 2.05) is 0 Å². The number of anilines is 1. The molecule has 1 atom stereocenters. The third-order valence-corrected chi connectivity index (χ3v) is 7.19. The smallest absolute Gasteiger partial charge is 0.323 e. The molecular weight excluding hydrogens is 431 g/mol. The molecular formula is C22H25FN6O2S. The monoisotopic (exact) mass is 456 g/mol. The Labute approximate surface area is 189 Å². The van der Waals surface area contributed by atoms with Gasteiger partial charge in [-0.05, 0) is 37.8 Å².